The fourth-order valence-electron chi connectivity index (χ4n) is 1.92. The van der Waals surface area contributed by atoms with Crippen molar-refractivity contribution in [3.05, 3.63) is 47.9 Å². The molecule has 0 spiro atoms. The number of hydrogen-bond donors (Lipinski definition) is 0. The zero-order valence-electron chi connectivity index (χ0n) is 12.3. The average molecular weight is 307 g/mol. The lowest BCUT2D eigenvalue weighted by molar-refractivity contribution is 0.317. The molecule has 2 rings (SSSR count). The summed E-state index contributed by atoms with van der Waals surface area (Å²) in [7, 11) is 1.58. The van der Waals surface area contributed by atoms with E-state index < -0.39 is 0 Å². The van der Waals surface area contributed by atoms with Crippen molar-refractivity contribution in [3.63, 3.8) is 0 Å². The van der Waals surface area contributed by atoms with Crippen LogP contribution in [0.1, 0.15) is 30.0 Å². The highest BCUT2D eigenvalue weighted by atomic mass is 35.5. The number of benzene rings is 1. The lowest BCUT2D eigenvalue weighted by Crippen LogP contribution is -2.01. The summed E-state index contributed by atoms with van der Waals surface area (Å²) in [6.07, 6.45) is 3.07. The molecule has 21 heavy (non-hydrogen) atoms. The summed E-state index contributed by atoms with van der Waals surface area (Å²) in [4.78, 5) is 8.21. The summed E-state index contributed by atoms with van der Waals surface area (Å²) in [5.41, 5.74) is 1.87. The average Bonchev–Trinajstić information content (AvgIpc) is 2.53. The Labute approximate surface area is 130 Å². The van der Waals surface area contributed by atoms with Crippen LogP contribution in [-0.4, -0.2) is 23.7 Å². The largest absolute Gasteiger partial charge is 0.494 e. The van der Waals surface area contributed by atoms with Gasteiger partial charge in [-0.3, -0.25) is 0 Å². The minimum Gasteiger partial charge on any atom is -0.494 e. The molecular weight excluding hydrogens is 288 g/mol. The Bertz CT molecular complexity index is 578. The zero-order chi connectivity index (χ0) is 15.1. The van der Waals surface area contributed by atoms with E-state index in [1.54, 1.807) is 13.2 Å². The van der Waals surface area contributed by atoms with E-state index in [2.05, 4.69) is 16.9 Å². The maximum Gasteiger partial charge on any atom is 0.216 e. The van der Waals surface area contributed by atoms with Gasteiger partial charge >= 0.3 is 0 Å². The number of nitrogens with zero attached hydrogens (tertiary/aromatic N) is 2. The Morgan fingerprint density at radius 2 is 2.10 bits per heavy atom. The number of halogens is 1. The predicted molar refractivity (Wildman–Crippen MR) is 83.1 cm³/mol. The molecule has 0 aliphatic heterocycles. The summed E-state index contributed by atoms with van der Waals surface area (Å²) in [6, 6.07) is 9.67. The number of ether oxygens (including phenoxy) is 2. The van der Waals surface area contributed by atoms with Crippen molar-refractivity contribution < 1.29 is 9.47 Å². The molecule has 0 amide bonds. The second kappa shape index (κ2) is 7.84. The van der Waals surface area contributed by atoms with Gasteiger partial charge in [-0.05, 0) is 24.1 Å². The molecule has 112 valence electrons. The molecule has 0 saturated heterocycles. The first-order chi connectivity index (χ1) is 10.2. The van der Waals surface area contributed by atoms with Gasteiger partial charge in [0, 0.05) is 18.2 Å². The molecule has 0 bridgehead atoms. The normalized spacial score (nSPS) is 12.0. The van der Waals surface area contributed by atoms with Crippen LogP contribution in [0.15, 0.2) is 36.7 Å². The molecule has 1 aromatic carbocycles. The summed E-state index contributed by atoms with van der Waals surface area (Å²) < 4.78 is 10.7. The number of rotatable bonds is 7. The second-order valence-corrected chi connectivity index (χ2v) is 5.17. The first-order valence-electron chi connectivity index (χ1n) is 6.94. The van der Waals surface area contributed by atoms with Gasteiger partial charge in [-0.2, -0.15) is 0 Å². The van der Waals surface area contributed by atoms with E-state index in [1.807, 2.05) is 24.3 Å². The third-order valence-corrected chi connectivity index (χ3v) is 3.40. The fraction of sp³-hybridized carbons (Fsp3) is 0.375. The van der Waals surface area contributed by atoms with Crippen molar-refractivity contribution in [1.82, 2.24) is 9.97 Å². The van der Waals surface area contributed by atoms with Crippen molar-refractivity contribution in [2.45, 2.75) is 25.1 Å². The molecular formula is C16H19ClN2O2. The standard InChI is InChI=1S/C16H19ClN2O2/c1-3-7-21-14-6-4-5-12(8-14)15(17)9-13-10-16(20-2)19-11-18-13/h4-6,8,10-11,15H,3,7,9H2,1-2H3. The van der Waals surface area contributed by atoms with Gasteiger partial charge in [-0.15, -0.1) is 11.6 Å². The fourth-order valence-corrected chi connectivity index (χ4v) is 2.21. The highest BCUT2D eigenvalue weighted by Gasteiger charge is 2.11. The van der Waals surface area contributed by atoms with Crippen molar-refractivity contribution in [2.24, 2.45) is 0 Å². The van der Waals surface area contributed by atoms with Crippen LogP contribution >= 0.6 is 11.6 Å². The Kier molecular flexibility index (Phi) is 5.81. The van der Waals surface area contributed by atoms with E-state index in [9.17, 15) is 0 Å². The Morgan fingerprint density at radius 3 is 2.86 bits per heavy atom. The quantitative estimate of drug-likeness (QED) is 0.730. The molecule has 5 heteroatoms. The van der Waals surface area contributed by atoms with E-state index >= 15 is 0 Å². The highest BCUT2D eigenvalue weighted by molar-refractivity contribution is 6.20. The van der Waals surface area contributed by atoms with E-state index in [0.29, 0.717) is 18.9 Å². The van der Waals surface area contributed by atoms with Crippen molar-refractivity contribution in [2.75, 3.05) is 13.7 Å². The van der Waals surface area contributed by atoms with Crippen molar-refractivity contribution in [3.8, 4) is 11.6 Å². The van der Waals surface area contributed by atoms with Crippen LogP contribution in [0.4, 0.5) is 0 Å². The summed E-state index contributed by atoms with van der Waals surface area (Å²) in [5, 5.41) is -0.171. The lowest BCUT2D eigenvalue weighted by Gasteiger charge is -2.12. The van der Waals surface area contributed by atoms with E-state index in [-0.39, 0.29) is 5.38 Å². The molecule has 0 saturated carbocycles. The summed E-state index contributed by atoms with van der Waals surface area (Å²) in [5.74, 6) is 1.39. The van der Waals surface area contributed by atoms with Gasteiger partial charge in [0.2, 0.25) is 5.88 Å². The SMILES string of the molecule is CCCOc1cccc(C(Cl)Cc2cc(OC)ncn2)c1. The van der Waals surface area contributed by atoms with Gasteiger partial charge in [0.05, 0.1) is 19.1 Å². The molecule has 0 N–H and O–H groups in total. The van der Waals surface area contributed by atoms with Gasteiger partial charge in [0.15, 0.2) is 0 Å². The Balaban J connectivity index is 2.06. The Hall–Kier alpha value is -1.81. The van der Waals surface area contributed by atoms with Gasteiger partial charge in [0.1, 0.15) is 12.1 Å². The number of methoxy groups -OCH3 is 1. The molecule has 1 unspecified atom stereocenters. The minimum atomic E-state index is -0.171. The third-order valence-electron chi connectivity index (χ3n) is 2.99. The first kappa shape index (κ1) is 15.6. The molecule has 4 nitrogen and oxygen atoms in total. The topological polar surface area (TPSA) is 44.2 Å². The molecule has 1 atom stereocenters. The van der Waals surface area contributed by atoms with Gasteiger partial charge in [-0.1, -0.05) is 19.1 Å². The Morgan fingerprint density at radius 1 is 1.24 bits per heavy atom. The van der Waals surface area contributed by atoms with Crippen LogP contribution in [0.2, 0.25) is 0 Å². The van der Waals surface area contributed by atoms with Crippen LogP contribution < -0.4 is 9.47 Å². The molecule has 0 radical (unpaired) electrons. The minimum absolute atomic E-state index is 0.171. The van der Waals surface area contributed by atoms with Crippen molar-refractivity contribution >= 4 is 11.6 Å². The lowest BCUT2D eigenvalue weighted by atomic mass is 10.1. The third kappa shape index (κ3) is 4.60. The van der Waals surface area contributed by atoms with Crippen LogP contribution in [0.25, 0.3) is 0 Å². The molecule has 0 fully saturated rings. The highest BCUT2D eigenvalue weighted by Crippen LogP contribution is 2.27. The summed E-state index contributed by atoms with van der Waals surface area (Å²) >= 11 is 6.49. The van der Waals surface area contributed by atoms with Gasteiger partial charge in [0.25, 0.3) is 0 Å². The maximum atomic E-state index is 6.49. The molecule has 0 aliphatic carbocycles. The molecule has 2 aromatic rings. The van der Waals surface area contributed by atoms with E-state index in [4.69, 9.17) is 21.1 Å². The summed E-state index contributed by atoms with van der Waals surface area (Å²) in [6.45, 7) is 2.79. The van der Waals surface area contributed by atoms with Crippen LogP contribution in [-0.2, 0) is 6.42 Å². The van der Waals surface area contributed by atoms with Crippen LogP contribution in [0, 0.1) is 0 Å². The van der Waals surface area contributed by atoms with Gasteiger partial charge < -0.3 is 9.47 Å². The van der Waals surface area contributed by atoms with E-state index in [0.717, 1.165) is 23.4 Å². The van der Waals surface area contributed by atoms with Gasteiger partial charge in [-0.25, -0.2) is 9.97 Å². The number of alkyl halides is 1. The first-order valence-corrected chi connectivity index (χ1v) is 7.38. The zero-order valence-corrected chi connectivity index (χ0v) is 13.0. The number of aromatic nitrogens is 2. The smallest absolute Gasteiger partial charge is 0.216 e. The second-order valence-electron chi connectivity index (χ2n) is 4.64. The maximum absolute atomic E-state index is 6.49. The predicted octanol–water partition coefficient (Wildman–Crippen LogP) is 3.80. The van der Waals surface area contributed by atoms with E-state index in [1.165, 1.54) is 6.33 Å². The van der Waals surface area contributed by atoms with Crippen LogP contribution in [0.3, 0.4) is 0 Å². The molecule has 1 heterocycles. The molecule has 0 aliphatic rings. The van der Waals surface area contributed by atoms with Crippen LogP contribution in [0.5, 0.6) is 11.6 Å². The number of hydrogen-bond acceptors (Lipinski definition) is 4. The monoisotopic (exact) mass is 306 g/mol. The van der Waals surface area contributed by atoms with Crippen molar-refractivity contribution in [1.29, 1.82) is 0 Å². The molecule has 1 aromatic heterocycles.